The van der Waals surface area contributed by atoms with Crippen molar-refractivity contribution in [2.75, 3.05) is 16.8 Å². The zero-order valence-corrected chi connectivity index (χ0v) is 17.9. The van der Waals surface area contributed by atoms with Gasteiger partial charge in [0.1, 0.15) is 11.4 Å². The largest absolute Gasteiger partial charge is 0.487 e. The van der Waals surface area contributed by atoms with Gasteiger partial charge in [-0.15, -0.1) is 0 Å². The number of carbonyl (C=O) groups excluding carboxylic acids is 1. The van der Waals surface area contributed by atoms with E-state index in [9.17, 15) is 4.79 Å². The van der Waals surface area contributed by atoms with Crippen molar-refractivity contribution < 1.29 is 9.53 Å². The summed E-state index contributed by atoms with van der Waals surface area (Å²) in [4.78, 5) is 13.9. The molecule has 0 radical (unpaired) electrons. The molecule has 2 aromatic rings. The second kappa shape index (κ2) is 7.67. The number of nitrogens with zero attached hydrogens (tertiary/aromatic N) is 1. The van der Waals surface area contributed by atoms with Crippen molar-refractivity contribution in [3.63, 3.8) is 0 Å². The van der Waals surface area contributed by atoms with Crippen LogP contribution in [-0.4, -0.2) is 23.2 Å². The molecule has 2 aromatic carbocycles. The number of carbonyl (C=O) groups is 1. The maximum absolute atomic E-state index is 12.0. The number of ether oxygens (including phenoxy) is 1. The molecule has 5 nitrogen and oxygen atoms in total. The van der Waals surface area contributed by atoms with Crippen molar-refractivity contribution in [2.45, 2.75) is 51.7 Å². The Labute approximate surface area is 177 Å². The molecule has 2 aliphatic heterocycles. The van der Waals surface area contributed by atoms with Crippen LogP contribution in [0.15, 0.2) is 42.5 Å². The van der Waals surface area contributed by atoms with Crippen molar-refractivity contribution in [3.05, 3.63) is 53.6 Å². The Balaban J connectivity index is 1.48. The maximum Gasteiger partial charge on any atom is 0.227 e. The molecule has 2 N–H and O–H groups in total. The van der Waals surface area contributed by atoms with Crippen molar-refractivity contribution in [1.29, 1.82) is 0 Å². The summed E-state index contributed by atoms with van der Waals surface area (Å²) in [6.07, 6.45) is 2.35. The normalized spacial score (nSPS) is 20.0. The van der Waals surface area contributed by atoms with Gasteiger partial charge in [0.05, 0.1) is 6.04 Å². The van der Waals surface area contributed by atoms with E-state index >= 15 is 0 Å². The topological polar surface area (TPSA) is 53.6 Å². The van der Waals surface area contributed by atoms with Gasteiger partial charge in [0.15, 0.2) is 5.11 Å². The Kier molecular flexibility index (Phi) is 5.21. The number of fused-ring (bicyclic) bond motifs is 1. The summed E-state index contributed by atoms with van der Waals surface area (Å²) in [5.41, 5.74) is 3.80. The molecule has 1 saturated heterocycles. The van der Waals surface area contributed by atoms with E-state index in [0.29, 0.717) is 11.5 Å². The minimum Gasteiger partial charge on any atom is -0.487 e. The summed E-state index contributed by atoms with van der Waals surface area (Å²) in [5.74, 6) is 1.09. The van der Waals surface area contributed by atoms with Gasteiger partial charge in [-0.2, -0.15) is 0 Å². The minimum absolute atomic E-state index is 0.0673. The highest BCUT2D eigenvalue weighted by Gasteiger charge is 2.34. The monoisotopic (exact) mass is 409 g/mol. The van der Waals surface area contributed by atoms with E-state index in [0.717, 1.165) is 42.1 Å². The summed E-state index contributed by atoms with van der Waals surface area (Å²) >= 11 is 5.60. The fourth-order valence-electron chi connectivity index (χ4n) is 4.09. The number of nitrogens with one attached hydrogen (secondary N) is 2. The van der Waals surface area contributed by atoms with Crippen LogP contribution in [0.1, 0.15) is 50.3 Å². The number of benzene rings is 2. The van der Waals surface area contributed by atoms with Crippen LogP contribution in [0.5, 0.6) is 5.75 Å². The van der Waals surface area contributed by atoms with Crippen LogP contribution in [0.3, 0.4) is 0 Å². The molecule has 0 spiro atoms. The van der Waals surface area contributed by atoms with Crippen molar-refractivity contribution in [3.8, 4) is 5.75 Å². The molecule has 0 aliphatic carbocycles. The molecule has 1 atom stereocenters. The lowest BCUT2D eigenvalue weighted by molar-refractivity contribution is -0.117. The van der Waals surface area contributed by atoms with Crippen molar-refractivity contribution in [1.82, 2.24) is 5.32 Å². The van der Waals surface area contributed by atoms with Gasteiger partial charge in [-0.1, -0.05) is 18.2 Å². The zero-order chi connectivity index (χ0) is 20.6. The molecule has 1 amide bonds. The number of hydrogen-bond acceptors (Lipinski definition) is 3. The number of anilines is 2. The molecule has 152 valence electrons. The Hall–Kier alpha value is -2.60. The molecule has 4 rings (SSSR count). The summed E-state index contributed by atoms with van der Waals surface area (Å²) < 4.78 is 6.17. The van der Waals surface area contributed by atoms with Gasteiger partial charge in [-0.25, -0.2) is 0 Å². The number of hydrogen-bond donors (Lipinski definition) is 2. The van der Waals surface area contributed by atoms with E-state index in [1.54, 1.807) is 0 Å². The lowest BCUT2D eigenvalue weighted by atomic mass is 9.89. The van der Waals surface area contributed by atoms with E-state index in [4.69, 9.17) is 17.0 Å². The number of rotatable bonds is 3. The SMILES string of the molecule is Cc1ccc2c(c1)OC(C)(C)CC2NC(=S)Nc1cccc(N2CCCC2=O)c1. The lowest BCUT2D eigenvalue weighted by Gasteiger charge is -2.38. The maximum atomic E-state index is 12.0. The smallest absolute Gasteiger partial charge is 0.227 e. The predicted octanol–water partition coefficient (Wildman–Crippen LogP) is 4.71. The van der Waals surface area contributed by atoms with Gasteiger partial charge in [-0.05, 0) is 69.2 Å². The first-order chi connectivity index (χ1) is 13.8. The molecule has 2 aliphatic rings. The average molecular weight is 410 g/mol. The predicted molar refractivity (Wildman–Crippen MR) is 121 cm³/mol. The number of thiocarbonyl (C=S) groups is 1. The molecular weight excluding hydrogens is 382 g/mol. The highest BCUT2D eigenvalue weighted by atomic mass is 32.1. The molecule has 2 heterocycles. The van der Waals surface area contributed by atoms with Crippen LogP contribution in [0.4, 0.5) is 11.4 Å². The lowest BCUT2D eigenvalue weighted by Crippen LogP contribution is -2.42. The Morgan fingerprint density at radius 2 is 2.07 bits per heavy atom. The molecule has 29 heavy (non-hydrogen) atoms. The molecule has 0 aromatic heterocycles. The Morgan fingerprint density at radius 1 is 1.24 bits per heavy atom. The Morgan fingerprint density at radius 3 is 2.83 bits per heavy atom. The average Bonchev–Trinajstić information content (AvgIpc) is 3.06. The second-order valence-corrected chi connectivity index (χ2v) is 8.87. The molecule has 1 unspecified atom stereocenters. The quantitative estimate of drug-likeness (QED) is 0.719. The van der Waals surface area contributed by atoms with Crippen LogP contribution < -0.4 is 20.3 Å². The fraction of sp³-hybridized carbons (Fsp3) is 0.391. The highest BCUT2D eigenvalue weighted by molar-refractivity contribution is 7.80. The van der Waals surface area contributed by atoms with Crippen LogP contribution in [-0.2, 0) is 4.79 Å². The van der Waals surface area contributed by atoms with Gasteiger partial charge in [0.25, 0.3) is 0 Å². The standard InChI is InChI=1S/C23H27N3O2S/c1-15-9-10-18-19(14-23(2,3)28-20(18)12-15)25-22(29)24-16-6-4-7-17(13-16)26-11-5-8-21(26)27/h4,6-7,9-10,12-13,19H,5,8,11,14H2,1-3H3,(H2,24,25,29). The first kappa shape index (κ1) is 19.7. The van der Waals surface area contributed by atoms with Crippen LogP contribution in [0.25, 0.3) is 0 Å². The number of aryl methyl sites for hydroxylation is 1. The van der Waals surface area contributed by atoms with Gasteiger partial charge in [-0.3, -0.25) is 4.79 Å². The first-order valence-electron chi connectivity index (χ1n) is 10.1. The van der Waals surface area contributed by atoms with E-state index in [1.807, 2.05) is 29.2 Å². The Bertz CT molecular complexity index is 957. The van der Waals surface area contributed by atoms with Gasteiger partial charge >= 0.3 is 0 Å². The van der Waals surface area contributed by atoms with Crippen LogP contribution >= 0.6 is 12.2 Å². The van der Waals surface area contributed by atoms with Gasteiger partial charge < -0.3 is 20.3 Å². The highest BCUT2D eigenvalue weighted by Crippen LogP contribution is 2.40. The van der Waals surface area contributed by atoms with Crippen molar-refractivity contribution >= 4 is 34.6 Å². The van der Waals surface area contributed by atoms with Gasteiger partial charge in [0.2, 0.25) is 5.91 Å². The van der Waals surface area contributed by atoms with E-state index in [2.05, 4.69) is 49.6 Å². The molecule has 0 bridgehead atoms. The van der Waals surface area contributed by atoms with Crippen LogP contribution in [0, 0.1) is 6.92 Å². The first-order valence-corrected chi connectivity index (χ1v) is 10.5. The summed E-state index contributed by atoms with van der Waals surface area (Å²) in [7, 11) is 0. The van der Waals surface area contributed by atoms with Crippen molar-refractivity contribution in [2.24, 2.45) is 0 Å². The van der Waals surface area contributed by atoms with E-state index < -0.39 is 0 Å². The molecule has 1 fully saturated rings. The summed E-state index contributed by atoms with van der Waals surface area (Å²) in [5, 5.41) is 7.29. The third-order valence-electron chi connectivity index (χ3n) is 5.42. The summed E-state index contributed by atoms with van der Waals surface area (Å²) in [6, 6.07) is 14.2. The molecule has 0 saturated carbocycles. The van der Waals surface area contributed by atoms with Gasteiger partial charge in [0, 0.05) is 36.3 Å². The second-order valence-electron chi connectivity index (χ2n) is 8.46. The number of amides is 1. The molecule has 6 heteroatoms. The minimum atomic E-state index is -0.274. The van der Waals surface area contributed by atoms with Crippen LogP contribution in [0.2, 0.25) is 0 Å². The molecular formula is C23H27N3O2S. The third-order valence-corrected chi connectivity index (χ3v) is 5.64. The van der Waals surface area contributed by atoms with E-state index in [1.165, 1.54) is 5.56 Å². The third kappa shape index (κ3) is 4.37. The summed E-state index contributed by atoms with van der Waals surface area (Å²) in [6.45, 7) is 7.04. The fourth-order valence-corrected chi connectivity index (χ4v) is 4.35. The zero-order valence-electron chi connectivity index (χ0n) is 17.1. The van der Waals surface area contributed by atoms with E-state index in [-0.39, 0.29) is 17.6 Å².